The summed E-state index contributed by atoms with van der Waals surface area (Å²) in [4.78, 5) is 4.55. The van der Waals surface area contributed by atoms with E-state index in [1.807, 2.05) is 22.8 Å². The summed E-state index contributed by atoms with van der Waals surface area (Å²) in [5.74, 6) is 0.956. The molecule has 5 heteroatoms. The molecule has 0 spiro atoms. The monoisotopic (exact) mass is 308 g/mol. The van der Waals surface area contributed by atoms with Crippen LogP contribution in [0.15, 0.2) is 42.5 Å². The van der Waals surface area contributed by atoms with Crippen LogP contribution in [0.4, 0.5) is 4.39 Å². The van der Waals surface area contributed by atoms with E-state index in [-0.39, 0.29) is 5.82 Å². The minimum atomic E-state index is -0.289. The van der Waals surface area contributed by atoms with Crippen LogP contribution in [0.3, 0.4) is 0 Å². The molecule has 3 rings (SSSR count). The van der Waals surface area contributed by atoms with Gasteiger partial charge in [0.25, 0.3) is 0 Å². The first-order valence-electron chi connectivity index (χ1n) is 6.18. The number of nitrogens with zero attached hydrogens (tertiary/aromatic N) is 2. The molecule has 0 aliphatic rings. The van der Waals surface area contributed by atoms with Crippen molar-refractivity contribution in [1.29, 1.82) is 0 Å². The topological polar surface area (TPSA) is 17.8 Å². The lowest BCUT2D eigenvalue weighted by molar-refractivity contribution is 0.626. The van der Waals surface area contributed by atoms with Gasteiger partial charge in [-0.25, -0.2) is 9.37 Å². The Morgan fingerprint density at radius 1 is 1.15 bits per heavy atom. The van der Waals surface area contributed by atoms with E-state index < -0.39 is 0 Å². The molecule has 0 unspecified atom stereocenters. The lowest BCUT2D eigenvalue weighted by atomic mass is 10.2. The van der Waals surface area contributed by atoms with Gasteiger partial charge >= 0.3 is 0 Å². The van der Waals surface area contributed by atoms with E-state index in [1.165, 1.54) is 12.1 Å². The van der Waals surface area contributed by atoms with Gasteiger partial charge in [0.05, 0.1) is 16.7 Å². The van der Waals surface area contributed by atoms with Crippen molar-refractivity contribution < 1.29 is 4.39 Å². The van der Waals surface area contributed by atoms with Gasteiger partial charge in [0.15, 0.2) is 0 Å². The first kappa shape index (κ1) is 13.4. The third-order valence-corrected chi connectivity index (χ3v) is 3.49. The van der Waals surface area contributed by atoms with Crippen molar-refractivity contribution in [3.63, 3.8) is 0 Å². The van der Waals surface area contributed by atoms with Crippen molar-refractivity contribution in [2.24, 2.45) is 0 Å². The minimum absolute atomic E-state index is 0.289. The van der Waals surface area contributed by atoms with Crippen LogP contribution in [-0.2, 0) is 6.42 Å². The number of aromatic nitrogens is 2. The molecule has 0 fully saturated rings. The molecule has 0 saturated heterocycles. The van der Waals surface area contributed by atoms with Crippen LogP contribution in [0.2, 0.25) is 5.02 Å². The third-order valence-electron chi connectivity index (χ3n) is 3.07. The average molecular weight is 309 g/mol. The summed E-state index contributed by atoms with van der Waals surface area (Å²) in [5.41, 5.74) is 2.39. The van der Waals surface area contributed by atoms with E-state index in [0.29, 0.717) is 17.3 Å². The predicted octanol–water partition coefficient (Wildman–Crippen LogP) is 4.60. The van der Waals surface area contributed by atoms with Gasteiger partial charge in [-0.2, -0.15) is 0 Å². The Kier molecular flexibility index (Phi) is 3.64. The quantitative estimate of drug-likeness (QED) is 0.647. The van der Waals surface area contributed by atoms with Crippen LogP contribution < -0.4 is 0 Å². The first-order chi connectivity index (χ1) is 9.69. The molecule has 0 N–H and O–H groups in total. The number of hydrogen-bond acceptors (Lipinski definition) is 1. The minimum Gasteiger partial charge on any atom is -0.296 e. The third kappa shape index (κ3) is 2.39. The Morgan fingerprint density at radius 2 is 2.00 bits per heavy atom. The van der Waals surface area contributed by atoms with Crippen LogP contribution >= 0.6 is 23.2 Å². The number of benzene rings is 2. The SMILES string of the molecule is Fc1cccc(-n2c(CCCl)nc3ccc(Cl)cc32)c1. The summed E-state index contributed by atoms with van der Waals surface area (Å²) < 4.78 is 15.4. The summed E-state index contributed by atoms with van der Waals surface area (Å²) in [7, 11) is 0. The summed E-state index contributed by atoms with van der Waals surface area (Å²) in [5, 5.41) is 0.618. The number of hydrogen-bond donors (Lipinski definition) is 0. The highest BCUT2D eigenvalue weighted by molar-refractivity contribution is 6.31. The van der Waals surface area contributed by atoms with Gasteiger partial charge < -0.3 is 0 Å². The lowest BCUT2D eigenvalue weighted by Gasteiger charge is -2.08. The lowest BCUT2D eigenvalue weighted by Crippen LogP contribution is -2.02. The second-order valence-corrected chi connectivity index (χ2v) is 5.23. The Bertz CT molecular complexity index is 768. The highest BCUT2D eigenvalue weighted by Crippen LogP contribution is 2.25. The zero-order valence-electron chi connectivity index (χ0n) is 10.5. The second kappa shape index (κ2) is 5.43. The summed E-state index contributed by atoms with van der Waals surface area (Å²) in [6.45, 7) is 0. The smallest absolute Gasteiger partial charge is 0.125 e. The van der Waals surface area contributed by atoms with Crippen molar-refractivity contribution in [3.8, 4) is 5.69 Å². The summed E-state index contributed by atoms with van der Waals surface area (Å²) in [6, 6.07) is 11.9. The van der Waals surface area contributed by atoms with Crippen LogP contribution in [0.25, 0.3) is 16.7 Å². The molecule has 3 aromatic rings. The number of fused-ring (bicyclic) bond motifs is 1. The number of rotatable bonds is 3. The molecule has 0 radical (unpaired) electrons. The fraction of sp³-hybridized carbons (Fsp3) is 0.133. The second-order valence-electron chi connectivity index (χ2n) is 4.42. The summed E-state index contributed by atoms with van der Waals surface area (Å²) >= 11 is 11.9. The number of halogens is 3. The molecule has 0 aliphatic carbocycles. The van der Waals surface area contributed by atoms with Crippen molar-refractivity contribution in [2.75, 3.05) is 5.88 Å². The Balaban J connectivity index is 2.30. The number of alkyl halides is 1. The molecule has 0 aliphatic heterocycles. The molecule has 1 aromatic heterocycles. The van der Waals surface area contributed by atoms with Crippen LogP contribution in [0.1, 0.15) is 5.82 Å². The zero-order valence-corrected chi connectivity index (χ0v) is 12.0. The van der Waals surface area contributed by atoms with Gasteiger partial charge in [-0.05, 0) is 36.4 Å². The molecule has 102 valence electrons. The number of imidazole rings is 1. The fourth-order valence-electron chi connectivity index (χ4n) is 2.25. The van der Waals surface area contributed by atoms with E-state index in [4.69, 9.17) is 23.2 Å². The van der Waals surface area contributed by atoms with Crippen molar-refractivity contribution in [2.45, 2.75) is 6.42 Å². The van der Waals surface area contributed by atoms with Gasteiger partial charge in [0.1, 0.15) is 11.6 Å². The van der Waals surface area contributed by atoms with Gasteiger partial charge in [0.2, 0.25) is 0 Å². The van der Waals surface area contributed by atoms with Crippen LogP contribution in [0, 0.1) is 5.82 Å². The Hall–Kier alpha value is -1.58. The van der Waals surface area contributed by atoms with E-state index in [2.05, 4.69) is 4.98 Å². The average Bonchev–Trinajstić information content (AvgIpc) is 2.76. The zero-order chi connectivity index (χ0) is 14.1. The van der Waals surface area contributed by atoms with E-state index in [1.54, 1.807) is 12.1 Å². The Labute approximate surface area is 125 Å². The van der Waals surface area contributed by atoms with Crippen molar-refractivity contribution in [3.05, 3.63) is 59.1 Å². The van der Waals surface area contributed by atoms with Gasteiger partial charge in [-0.3, -0.25) is 4.57 Å². The maximum Gasteiger partial charge on any atom is 0.125 e. The molecule has 0 atom stereocenters. The van der Waals surface area contributed by atoms with Gasteiger partial charge in [-0.1, -0.05) is 17.7 Å². The van der Waals surface area contributed by atoms with Crippen molar-refractivity contribution >= 4 is 34.2 Å². The van der Waals surface area contributed by atoms with Gasteiger partial charge in [-0.15, -0.1) is 11.6 Å². The first-order valence-corrected chi connectivity index (χ1v) is 7.09. The van der Waals surface area contributed by atoms with Crippen molar-refractivity contribution in [1.82, 2.24) is 9.55 Å². The van der Waals surface area contributed by atoms with E-state index in [9.17, 15) is 4.39 Å². The normalized spacial score (nSPS) is 11.2. The molecular formula is C15H11Cl2FN2. The molecule has 2 aromatic carbocycles. The maximum absolute atomic E-state index is 13.5. The maximum atomic E-state index is 13.5. The molecule has 1 heterocycles. The fourth-order valence-corrected chi connectivity index (χ4v) is 2.59. The molecule has 0 saturated carbocycles. The highest BCUT2D eigenvalue weighted by atomic mass is 35.5. The molecular weight excluding hydrogens is 298 g/mol. The Morgan fingerprint density at radius 3 is 2.75 bits per heavy atom. The molecule has 20 heavy (non-hydrogen) atoms. The van der Waals surface area contributed by atoms with E-state index in [0.717, 1.165) is 22.5 Å². The standard InChI is InChI=1S/C15H11Cl2FN2/c16-7-6-15-19-13-5-4-10(17)8-14(13)20(15)12-3-1-2-11(18)9-12/h1-5,8-9H,6-7H2. The summed E-state index contributed by atoms with van der Waals surface area (Å²) in [6.07, 6.45) is 0.602. The highest BCUT2D eigenvalue weighted by Gasteiger charge is 2.12. The molecule has 0 bridgehead atoms. The van der Waals surface area contributed by atoms with Crippen LogP contribution in [-0.4, -0.2) is 15.4 Å². The molecule has 2 nitrogen and oxygen atoms in total. The predicted molar refractivity (Wildman–Crippen MR) is 80.5 cm³/mol. The van der Waals surface area contributed by atoms with E-state index >= 15 is 0 Å². The number of aryl methyl sites for hydroxylation is 1. The molecule has 0 amide bonds. The largest absolute Gasteiger partial charge is 0.296 e. The van der Waals surface area contributed by atoms with Crippen LogP contribution in [0.5, 0.6) is 0 Å². The van der Waals surface area contributed by atoms with Gasteiger partial charge in [0, 0.05) is 17.3 Å².